The van der Waals surface area contributed by atoms with Crippen LogP contribution in [0.3, 0.4) is 0 Å². The lowest BCUT2D eigenvalue weighted by Crippen LogP contribution is -2.47. The van der Waals surface area contributed by atoms with Crippen LogP contribution in [-0.4, -0.2) is 75.2 Å². The van der Waals surface area contributed by atoms with Gasteiger partial charge >= 0.3 is 30.0 Å². The van der Waals surface area contributed by atoms with Crippen LogP contribution in [0, 0.1) is 5.92 Å². The Balaban J connectivity index is 1.18. The first-order valence-electron chi connectivity index (χ1n) is 16.7. The molecular weight excluding hydrogens is 709 g/mol. The van der Waals surface area contributed by atoms with Crippen molar-refractivity contribution in [1.82, 2.24) is 30.9 Å². The zero-order valence-electron chi connectivity index (χ0n) is 28.1. The number of alkyl halides is 3. The Morgan fingerprint density at radius 1 is 0.981 bits per heavy atom. The average molecular weight is 747 g/mol. The molecule has 3 aromatic rings. The zero-order chi connectivity index (χ0) is 37.5. The highest BCUT2D eigenvalue weighted by Gasteiger charge is 2.45. The number of anilines is 3. The van der Waals surface area contributed by atoms with E-state index in [1.807, 2.05) is 12.1 Å². The summed E-state index contributed by atoms with van der Waals surface area (Å²) in [7, 11) is 0. The van der Waals surface area contributed by atoms with Crippen LogP contribution in [0.5, 0.6) is 6.01 Å². The van der Waals surface area contributed by atoms with E-state index >= 15 is 0 Å². The second-order valence-electron chi connectivity index (χ2n) is 12.9. The Bertz CT molecular complexity index is 1760. The molecule has 5 rings (SSSR count). The minimum atomic E-state index is -4.64. The van der Waals surface area contributed by atoms with Gasteiger partial charge in [-0.05, 0) is 80.0 Å². The molecule has 0 spiro atoms. The summed E-state index contributed by atoms with van der Waals surface area (Å²) < 4.78 is 43.6. The number of ether oxygens (including phenoxy) is 1. The number of aliphatic carboxylic acids is 1. The molecule has 2 aliphatic rings. The predicted octanol–water partition coefficient (Wildman–Crippen LogP) is 4.70. The minimum absolute atomic E-state index is 0.0338. The van der Waals surface area contributed by atoms with Crippen molar-refractivity contribution in [2.75, 3.05) is 23.8 Å². The molecule has 278 valence electrons. The Labute approximate surface area is 301 Å². The van der Waals surface area contributed by atoms with E-state index in [1.165, 1.54) is 24.3 Å². The van der Waals surface area contributed by atoms with E-state index in [2.05, 4.69) is 48.5 Å². The third-order valence-electron chi connectivity index (χ3n) is 8.68. The lowest BCUT2D eigenvalue weighted by molar-refractivity contribution is -0.154. The van der Waals surface area contributed by atoms with E-state index in [9.17, 15) is 37.5 Å². The van der Waals surface area contributed by atoms with Gasteiger partial charge < -0.3 is 36.4 Å². The Kier molecular flexibility index (Phi) is 12.0. The molecule has 2 aromatic carbocycles. The summed E-state index contributed by atoms with van der Waals surface area (Å²) in [5, 5.41) is 23.7. The van der Waals surface area contributed by atoms with Gasteiger partial charge in [0, 0.05) is 28.9 Å². The summed E-state index contributed by atoms with van der Waals surface area (Å²) in [6.07, 6.45) is 0.199. The molecule has 14 nitrogen and oxygen atoms in total. The molecule has 18 heteroatoms. The summed E-state index contributed by atoms with van der Waals surface area (Å²) in [6, 6.07) is 10.8. The van der Waals surface area contributed by atoms with Crippen molar-refractivity contribution in [2.24, 2.45) is 5.92 Å². The highest BCUT2D eigenvalue weighted by molar-refractivity contribution is 6.35. The van der Waals surface area contributed by atoms with Gasteiger partial charge in [-0.1, -0.05) is 43.5 Å². The molecule has 2 saturated carbocycles. The normalized spacial score (nSPS) is 18.3. The van der Waals surface area contributed by atoms with Crippen LogP contribution >= 0.6 is 11.6 Å². The maximum absolute atomic E-state index is 12.9. The van der Waals surface area contributed by atoms with Crippen molar-refractivity contribution in [3.8, 4) is 6.01 Å². The van der Waals surface area contributed by atoms with E-state index in [0.717, 1.165) is 31.2 Å². The average Bonchev–Trinajstić information content (AvgIpc) is 3.87. The van der Waals surface area contributed by atoms with Gasteiger partial charge in [0.15, 0.2) is 6.61 Å². The fourth-order valence-electron chi connectivity index (χ4n) is 5.83. The highest BCUT2D eigenvalue weighted by atomic mass is 35.5. The smallest absolute Gasteiger partial charge is 0.422 e. The van der Waals surface area contributed by atoms with Crippen LogP contribution < -0.4 is 31.3 Å². The number of nitrogens with one attached hydrogen (secondary N) is 5. The molecule has 0 aliphatic heterocycles. The first-order chi connectivity index (χ1) is 24.7. The van der Waals surface area contributed by atoms with Gasteiger partial charge in [0.2, 0.25) is 11.9 Å². The number of amides is 3. The second kappa shape index (κ2) is 16.4. The molecule has 2 unspecified atom stereocenters. The number of carbonyl (C=O) groups excluding carboxylic acids is 3. The first-order valence-corrected chi connectivity index (χ1v) is 17.1. The summed E-state index contributed by atoms with van der Waals surface area (Å²) >= 11 is 6.02. The standard InChI is InChI=1S/C34H38ClF3N8O6/c1-19-3-2-4-24(17-19)40-28(49)27(48)39-16-13-25(29(50)51)42-26(47)20-5-11-23(12-6-20)41-30-43-31(45-32(44-30)52-18-34(36,37)38)46-33(14-15-33)21-7-9-22(35)10-8-21/h5-12,19,24-25H,2-4,13-18H2,1H3,(H,39,48)(H,40,49)(H,42,47)(H,50,51)(H2,41,43,44,45,46)/t19?,24?,25-/m0/s1. The van der Waals surface area contributed by atoms with Crippen molar-refractivity contribution >= 4 is 52.9 Å². The zero-order valence-corrected chi connectivity index (χ0v) is 28.8. The SMILES string of the molecule is CC1CCCC(NC(=O)C(=O)NCC[C@H](NC(=O)c2ccc(Nc3nc(NC4(c5ccc(Cl)cc5)CC4)nc(OCC(F)(F)F)n3)cc2)C(=O)O)C1. The molecule has 6 N–H and O–H groups in total. The Morgan fingerprint density at radius 2 is 1.67 bits per heavy atom. The Morgan fingerprint density at radius 3 is 2.31 bits per heavy atom. The molecule has 1 aromatic heterocycles. The van der Waals surface area contributed by atoms with Crippen molar-refractivity contribution in [2.45, 2.75) is 75.7 Å². The van der Waals surface area contributed by atoms with Gasteiger partial charge in [-0.3, -0.25) is 14.4 Å². The van der Waals surface area contributed by atoms with Crippen molar-refractivity contribution < 1.29 is 42.2 Å². The fraction of sp³-hybridized carbons (Fsp3) is 0.441. The summed E-state index contributed by atoms with van der Waals surface area (Å²) in [5.74, 6) is -3.46. The molecule has 1 heterocycles. The monoisotopic (exact) mass is 746 g/mol. The maximum Gasteiger partial charge on any atom is 0.422 e. The number of hydrogen-bond donors (Lipinski definition) is 6. The number of rotatable bonds is 14. The van der Waals surface area contributed by atoms with Gasteiger partial charge in [0.1, 0.15) is 6.04 Å². The number of carboxylic acid groups (broad SMARTS) is 1. The van der Waals surface area contributed by atoms with Crippen LogP contribution in [-0.2, 0) is 19.9 Å². The number of carboxylic acids is 1. The Hall–Kier alpha value is -5.19. The lowest BCUT2D eigenvalue weighted by atomic mass is 9.87. The highest BCUT2D eigenvalue weighted by Crippen LogP contribution is 2.48. The summed E-state index contributed by atoms with van der Waals surface area (Å²) in [4.78, 5) is 61.6. The lowest BCUT2D eigenvalue weighted by Gasteiger charge is -2.27. The molecular formula is C34H38ClF3N8O6. The van der Waals surface area contributed by atoms with E-state index in [1.54, 1.807) is 12.1 Å². The molecule has 0 radical (unpaired) electrons. The second-order valence-corrected chi connectivity index (χ2v) is 13.4. The molecule has 52 heavy (non-hydrogen) atoms. The van der Waals surface area contributed by atoms with E-state index in [0.29, 0.717) is 29.5 Å². The van der Waals surface area contributed by atoms with Gasteiger partial charge in [0.25, 0.3) is 5.91 Å². The molecule has 3 amide bonds. The van der Waals surface area contributed by atoms with Crippen molar-refractivity contribution in [3.05, 3.63) is 64.7 Å². The topological polar surface area (TPSA) is 197 Å². The maximum atomic E-state index is 12.9. The van der Waals surface area contributed by atoms with Gasteiger partial charge in [0.05, 0.1) is 5.54 Å². The number of halogens is 4. The van der Waals surface area contributed by atoms with E-state index in [-0.39, 0.29) is 36.5 Å². The molecule has 2 aliphatic carbocycles. The minimum Gasteiger partial charge on any atom is -0.480 e. The van der Waals surface area contributed by atoms with Crippen LogP contribution in [0.1, 0.15) is 67.8 Å². The van der Waals surface area contributed by atoms with Crippen LogP contribution in [0.25, 0.3) is 0 Å². The number of aromatic nitrogens is 3. The number of hydrogen-bond acceptors (Lipinski definition) is 10. The van der Waals surface area contributed by atoms with Crippen LogP contribution in [0.2, 0.25) is 5.02 Å². The van der Waals surface area contributed by atoms with E-state index in [4.69, 9.17) is 16.3 Å². The summed E-state index contributed by atoms with van der Waals surface area (Å²) in [6.45, 7) is 0.286. The van der Waals surface area contributed by atoms with E-state index < -0.39 is 54.1 Å². The van der Waals surface area contributed by atoms with Crippen LogP contribution in [0.4, 0.5) is 30.8 Å². The van der Waals surface area contributed by atoms with Crippen molar-refractivity contribution in [3.63, 3.8) is 0 Å². The van der Waals surface area contributed by atoms with Crippen molar-refractivity contribution in [1.29, 1.82) is 0 Å². The molecule has 3 atom stereocenters. The van der Waals surface area contributed by atoms with Gasteiger partial charge in [-0.2, -0.15) is 28.1 Å². The third-order valence-corrected chi connectivity index (χ3v) is 8.93. The molecule has 0 bridgehead atoms. The predicted molar refractivity (Wildman–Crippen MR) is 183 cm³/mol. The largest absolute Gasteiger partial charge is 0.480 e. The van der Waals surface area contributed by atoms with Gasteiger partial charge in [-0.25, -0.2) is 4.79 Å². The fourth-order valence-corrected chi connectivity index (χ4v) is 5.96. The molecule has 0 saturated heterocycles. The number of carbonyl (C=O) groups is 4. The molecule has 2 fully saturated rings. The quantitative estimate of drug-likeness (QED) is 0.125. The summed E-state index contributed by atoms with van der Waals surface area (Å²) in [5.41, 5.74) is 0.766. The van der Waals surface area contributed by atoms with Gasteiger partial charge in [-0.15, -0.1) is 0 Å². The number of nitrogens with zero attached hydrogens (tertiary/aromatic N) is 3. The first kappa shape index (κ1) is 38.1. The number of benzene rings is 2. The third kappa shape index (κ3) is 10.9. The van der Waals surface area contributed by atoms with Crippen LogP contribution in [0.15, 0.2) is 48.5 Å².